The van der Waals surface area contributed by atoms with Gasteiger partial charge in [-0.3, -0.25) is 4.79 Å². The Morgan fingerprint density at radius 1 is 1.00 bits per heavy atom. The Labute approximate surface area is 203 Å². The lowest BCUT2D eigenvalue weighted by atomic mass is 9.46. The van der Waals surface area contributed by atoms with E-state index in [1.54, 1.807) is 4.68 Å². The fraction of sp³-hybridized carbons (Fsp3) is 0.714. The lowest BCUT2D eigenvalue weighted by molar-refractivity contribution is -0.162. The number of para-hydroxylation sites is 1. The van der Waals surface area contributed by atoms with Gasteiger partial charge in [-0.15, -0.1) is 5.10 Å². The molecule has 0 N–H and O–H groups in total. The molecule has 2 heterocycles. The maximum absolute atomic E-state index is 13.7. The van der Waals surface area contributed by atoms with Crippen molar-refractivity contribution >= 4 is 5.91 Å². The summed E-state index contributed by atoms with van der Waals surface area (Å²) in [5.74, 6) is 3.80. The summed E-state index contributed by atoms with van der Waals surface area (Å²) in [6.45, 7) is 7.50. The summed E-state index contributed by atoms with van der Waals surface area (Å²) in [5.41, 5.74) is 1.54. The molecule has 6 rings (SSSR count). The highest BCUT2D eigenvalue weighted by atomic mass is 16.2. The number of carbonyl (C=O) groups is 1. The van der Waals surface area contributed by atoms with Crippen molar-refractivity contribution in [2.45, 2.75) is 84.1 Å². The van der Waals surface area contributed by atoms with Crippen molar-refractivity contribution in [3.8, 4) is 5.69 Å². The minimum absolute atomic E-state index is 0.106. The van der Waals surface area contributed by atoms with Crippen molar-refractivity contribution in [1.82, 2.24) is 25.1 Å². The van der Waals surface area contributed by atoms with E-state index in [-0.39, 0.29) is 17.2 Å². The van der Waals surface area contributed by atoms with Crippen LogP contribution < -0.4 is 0 Å². The van der Waals surface area contributed by atoms with Crippen LogP contribution in [-0.4, -0.2) is 44.1 Å². The molecule has 3 saturated carbocycles. The maximum atomic E-state index is 13.7. The van der Waals surface area contributed by atoms with Gasteiger partial charge in [-0.1, -0.05) is 45.4 Å². The van der Waals surface area contributed by atoms with E-state index in [4.69, 9.17) is 0 Å². The standard InChI is InChI=1S/C28H39N5O/c1-5-18-11-13-22-20-12-14-24-28(3,23(20)15-16-27(18,22)2)17-21(26(34)32(24)4)25-29-30-31-33(25)19-9-7-6-8-10-19/h6-10,18,20-24H,5,11-17H2,1-4H3/t18-,20-,21?,22-,23-,24+,27+,28+/m0/s1. The molecule has 2 aromatic rings. The van der Waals surface area contributed by atoms with Gasteiger partial charge in [0.1, 0.15) is 5.92 Å². The van der Waals surface area contributed by atoms with Crippen molar-refractivity contribution in [2.75, 3.05) is 7.05 Å². The normalized spacial score (nSPS) is 41.6. The monoisotopic (exact) mass is 461 g/mol. The number of nitrogens with zero attached hydrogens (tertiary/aromatic N) is 5. The van der Waals surface area contributed by atoms with E-state index in [2.05, 4.69) is 41.2 Å². The first-order valence-corrected chi connectivity index (χ1v) is 13.5. The highest BCUT2D eigenvalue weighted by molar-refractivity contribution is 5.84. The Balaban J connectivity index is 1.35. The van der Waals surface area contributed by atoms with Crippen molar-refractivity contribution in [3.63, 3.8) is 0 Å². The fourth-order valence-corrected chi connectivity index (χ4v) is 9.43. The summed E-state index contributed by atoms with van der Waals surface area (Å²) in [6, 6.07) is 10.3. The molecule has 1 unspecified atom stereocenters. The third-order valence-corrected chi connectivity index (χ3v) is 11.1. The lowest BCUT2D eigenvalue weighted by Crippen LogP contribution is -2.63. The summed E-state index contributed by atoms with van der Waals surface area (Å²) in [6.07, 6.45) is 10.1. The Morgan fingerprint density at radius 2 is 1.76 bits per heavy atom. The number of rotatable bonds is 3. The summed E-state index contributed by atoms with van der Waals surface area (Å²) >= 11 is 0. The molecule has 1 aromatic heterocycles. The quantitative estimate of drug-likeness (QED) is 0.627. The second kappa shape index (κ2) is 7.89. The van der Waals surface area contributed by atoms with Gasteiger partial charge in [0, 0.05) is 13.1 Å². The number of tetrazole rings is 1. The zero-order valence-corrected chi connectivity index (χ0v) is 21.2. The number of benzene rings is 1. The molecule has 4 aliphatic rings. The molecule has 0 spiro atoms. The minimum atomic E-state index is -0.291. The molecule has 6 heteroatoms. The van der Waals surface area contributed by atoms with Gasteiger partial charge in [0.05, 0.1) is 5.69 Å². The van der Waals surface area contributed by atoms with Gasteiger partial charge < -0.3 is 4.90 Å². The summed E-state index contributed by atoms with van der Waals surface area (Å²) in [5, 5.41) is 12.7. The van der Waals surface area contributed by atoms with Crippen LogP contribution >= 0.6 is 0 Å². The van der Waals surface area contributed by atoms with E-state index in [1.807, 2.05) is 37.4 Å². The molecule has 182 valence electrons. The number of piperidine rings is 1. The smallest absolute Gasteiger partial charge is 0.233 e. The summed E-state index contributed by atoms with van der Waals surface area (Å²) in [4.78, 5) is 15.8. The first-order valence-electron chi connectivity index (χ1n) is 13.5. The second-order valence-electron chi connectivity index (χ2n) is 12.2. The highest BCUT2D eigenvalue weighted by Gasteiger charge is 2.62. The number of hydrogen-bond acceptors (Lipinski definition) is 4. The Morgan fingerprint density at radius 3 is 2.53 bits per heavy atom. The number of carbonyl (C=O) groups excluding carboxylic acids is 1. The molecule has 4 fully saturated rings. The fourth-order valence-electron chi connectivity index (χ4n) is 9.43. The van der Waals surface area contributed by atoms with Crippen LogP contribution in [0, 0.1) is 34.5 Å². The van der Waals surface area contributed by atoms with Crippen molar-refractivity contribution < 1.29 is 4.79 Å². The van der Waals surface area contributed by atoms with Crippen molar-refractivity contribution in [2.24, 2.45) is 34.5 Å². The SMILES string of the molecule is CC[C@H]1CC[C@H]2[C@@H]3CC[C@H]4N(C)C(=O)C(c5nnnn5-c5ccccc5)C[C@]4(C)[C@H]3CC[C@]12C. The van der Waals surface area contributed by atoms with E-state index in [9.17, 15) is 4.79 Å². The van der Waals surface area contributed by atoms with Gasteiger partial charge in [-0.05, 0) is 102 Å². The molecule has 1 aromatic carbocycles. The van der Waals surface area contributed by atoms with Gasteiger partial charge in [-0.25, -0.2) is 0 Å². The molecular weight excluding hydrogens is 422 g/mol. The highest BCUT2D eigenvalue weighted by Crippen LogP contribution is 2.67. The number of likely N-dealkylation sites (N-methyl/N-ethyl adjacent to an activating group) is 1. The first kappa shape index (κ1) is 22.2. The number of fused-ring (bicyclic) bond motifs is 5. The third kappa shape index (κ3) is 2.99. The average molecular weight is 462 g/mol. The Hall–Kier alpha value is -2.24. The summed E-state index contributed by atoms with van der Waals surface area (Å²) in [7, 11) is 2.03. The van der Waals surface area contributed by atoms with E-state index in [0.29, 0.717) is 23.2 Å². The number of likely N-dealkylation sites (tertiary alicyclic amines) is 1. The van der Waals surface area contributed by atoms with E-state index < -0.39 is 0 Å². The van der Waals surface area contributed by atoms with Crippen molar-refractivity contribution in [1.29, 1.82) is 0 Å². The van der Waals surface area contributed by atoms with Gasteiger partial charge in [-0.2, -0.15) is 4.68 Å². The van der Waals surface area contributed by atoms with E-state index >= 15 is 0 Å². The van der Waals surface area contributed by atoms with Gasteiger partial charge in [0.2, 0.25) is 5.91 Å². The van der Waals surface area contributed by atoms with Crippen LogP contribution in [0.1, 0.15) is 83.9 Å². The average Bonchev–Trinajstić information content (AvgIpc) is 3.46. The largest absolute Gasteiger partial charge is 0.342 e. The topological polar surface area (TPSA) is 63.9 Å². The molecule has 3 aliphatic carbocycles. The first-order chi connectivity index (χ1) is 16.4. The van der Waals surface area contributed by atoms with Gasteiger partial charge >= 0.3 is 0 Å². The predicted octanol–water partition coefficient (Wildman–Crippen LogP) is 5.25. The van der Waals surface area contributed by atoms with Crippen LogP contribution in [0.2, 0.25) is 0 Å². The number of aromatic nitrogens is 4. The molecule has 1 amide bonds. The van der Waals surface area contributed by atoms with Crippen LogP contribution in [-0.2, 0) is 4.79 Å². The molecule has 6 nitrogen and oxygen atoms in total. The molecule has 8 atom stereocenters. The predicted molar refractivity (Wildman–Crippen MR) is 131 cm³/mol. The minimum Gasteiger partial charge on any atom is -0.342 e. The van der Waals surface area contributed by atoms with Crippen LogP contribution in [0.5, 0.6) is 0 Å². The Kier molecular flexibility index (Phi) is 5.16. The van der Waals surface area contributed by atoms with E-state index in [1.165, 1.54) is 38.5 Å². The number of amides is 1. The second-order valence-corrected chi connectivity index (χ2v) is 12.2. The summed E-state index contributed by atoms with van der Waals surface area (Å²) < 4.78 is 1.78. The zero-order valence-electron chi connectivity index (χ0n) is 21.2. The van der Waals surface area contributed by atoms with Crippen LogP contribution in [0.25, 0.3) is 5.69 Å². The molecule has 0 radical (unpaired) electrons. The molecule has 1 saturated heterocycles. The number of hydrogen-bond donors (Lipinski definition) is 0. The molecular formula is C28H39N5O. The lowest BCUT2D eigenvalue weighted by Gasteiger charge is -2.62. The van der Waals surface area contributed by atoms with Gasteiger partial charge in [0.15, 0.2) is 5.82 Å². The van der Waals surface area contributed by atoms with Crippen LogP contribution in [0.4, 0.5) is 0 Å². The van der Waals surface area contributed by atoms with Crippen LogP contribution in [0.15, 0.2) is 30.3 Å². The Bertz CT molecular complexity index is 1070. The molecule has 34 heavy (non-hydrogen) atoms. The molecule has 0 bridgehead atoms. The van der Waals surface area contributed by atoms with Crippen molar-refractivity contribution in [3.05, 3.63) is 36.2 Å². The van der Waals surface area contributed by atoms with Gasteiger partial charge in [0.25, 0.3) is 0 Å². The molecule has 1 aliphatic heterocycles. The van der Waals surface area contributed by atoms with E-state index in [0.717, 1.165) is 36.3 Å². The third-order valence-electron chi connectivity index (χ3n) is 11.1. The van der Waals surface area contributed by atoms with Crippen LogP contribution in [0.3, 0.4) is 0 Å². The maximum Gasteiger partial charge on any atom is 0.233 e. The zero-order chi connectivity index (χ0) is 23.7.